The number of nitrogens with zero attached hydrogens (tertiary/aromatic N) is 3. The standard InChI is InChI=1S/C52H55N3O4S3/c1-7-9-10-11-12-13-14-15-16-19-24-55-40-23-22-32(41-30-43-49(62-41)48-42(61-43)27-34(60-48)25-33(31-53)50(58)59)26-38(40)52(5,6)45(55)29-36-46(56)35(47(36)57)28-44-51(3,4)37-20-17-18-21-39(37)54(44)8-2/h17-18,20-23,25-30H,7-16,19,24H2,1-6H3,(H-,56,57,58,59)/p+1/b33-25-. The average Bonchev–Trinajstić information content (AvgIpc) is 4.02. The zero-order valence-electron chi connectivity index (χ0n) is 36.7. The van der Waals surface area contributed by atoms with Gasteiger partial charge in [-0.25, -0.2) is 4.79 Å². The molecule has 320 valence electrons. The van der Waals surface area contributed by atoms with Gasteiger partial charge in [-0.1, -0.05) is 90.3 Å². The number of carboxylic acids is 1. The van der Waals surface area contributed by atoms with E-state index in [4.69, 9.17) is 0 Å². The summed E-state index contributed by atoms with van der Waals surface area (Å²) in [6.45, 7) is 14.8. The fourth-order valence-electron chi connectivity index (χ4n) is 9.56. The molecule has 0 amide bonds. The SMILES string of the molecule is CCCCCCCCCCCC[N+]1=C(/C=C2/C(=O)C(/C=C3\N(CC)c4ccccc4C3(C)C)=C2O)C(C)(C)c2cc(-c3cc4sc5cc(/C=C(/C#N)C(=O)O)sc5c4s3)ccc21. The number of hydrogen-bond acceptors (Lipinski definition) is 8. The van der Waals surface area contributed by atoms with Gasteiger partial charge in [0.25, 0.3) is 0 Å². The number of thiophene rings is 3. The molecule has 0 saturated carbocycles. The van der Waals surface area contributed by atoms with E-state index in [0.717, 1.165) is 73.4 Å². The van der Waals surface area contributed by atoms with Crippen molar-refractivity contribution in [3.8, 4) is 16.5 Å². The predicted octanol–water partition coefficient (Wildman–Crippen LogP) is 14.2. The van der Waals surface area contributed by atoms with Crippen molar-refractivity contribution in [2.75, 3.05) is 18.0 Å². The van der Waals surface area contributed by atoms with Gasteiger partial charge in [0, 0.05) is 66.6 Å². The van der Waals surface area contributed by atoms with E-state index < -0.39 is 11.4 Å². The molecule has 0 spiro atoms. The molecule has 0 radical (unpaired) electrons. The van der Waals surface area contributed by atoms with Gasteiger partial charge in [0.2, 0.25) is 11.5 Å². The number of nitriles is 1. The number of carboxylic acid groups (broad SMARTS) is 1. The van der Waals surface area contributed by atoms with Crippen molar-refractivity contribution in [2.24, 2.45) is 0 Å². The third-order valence-corrected chi connectivity index (χ3v) is 16.8. The minimum Gasteiger partial charge on any atom is -0.506 e. The quantitative estimate of drug-likeness (QED) is 0.0417. The highest BCUT2D eigenvalue weighted by atomic mass is 32.1. The van der Waals surface area contributed by atoms with Crippen LogP contribution in [0.15, 0.2) is 94.9 Å². The second kappa shape index (κ2) is 17.6. The number of carbonyl (C=O) groups is 2. The summed E-state index contributed by atoms with van der Waals surface area (Å²) < 4.78 is 6.94. The molecule has 3 aliphatic rings. The van der Waals surface area contributed by atoms with Gasteiger partial charge in [-0.15, -0.1) is 34.0 Å². The van der Waals surface area contributed by atoms with Crippen molar-refractivity contribution in [1.29, 1.82) is 5.26 Å². The average molecular weight is 883 g/mol. The summed E-state index contributed by atoms with van der Waals surface area (Å²) in [6, 6.07) is 21.1. The van der Waals surface area contributed by atoms with Gasteiger partial charge in [-0.2, -0.15) is 9.84 Å². The molecule has 5 heterocycles. The molecular formula is C52H56N3O4S3+. The molecule has 62 heavy (non-hydrogen) atoms. The molecule has 2 aromatic carbocycles. The van der Waals surface area contributed by atoms with Crippen molar-refractivity contribution >= 4 is 87.7 Å². The Morgan fingerprint density at radius 3 is 2.18 bits per heavy atom. The Kier molecular flexibility index (Phi) is 12.4. The molecule has 7 nitrogen and oxygen atoms in total. The molecule has 10 heteroatoms. The fourth-order valence-corrected chi connectivity index (χ4v) is 13.5. The van der Waals surface area contributed by atoms with Gasteiger partial charge >= 0.3 is 5.97 Å². The summed E-state index contributed by atoms with van der Waals surface area (Å²) in [5, 5.41) is 30.4. The third-order valence-electron chi connectivity index (χ3n) is 13.1. The van der Waals surface area contributed by atoms with Gasteiger partial charge in [0.05, 0.1) is 26.0 Å². The molecule has 5 aromatic rings. The van der Waals surface area contributed by atoms with Gasteiger partial charge in [0.1, 0.15) is 23.9 Å². The van der Waals surface area contributed by atoms with Crippen LogP contribution < -0.4 is 4.90 Å². The first kappa shape index (κ1) is 43.6. The molecule has 0 fully saturated rings. The number of allylic oxidation sites excluding steroid dienone is 5. The molecule has 8 rings (SSSR count). The van der Waals surface area contributed by atoms with Crippen molar-refractivity contribution in [2.45, 2.75) is 117 Å². The van der Waals surface area contributed by atoms with Crippen LogP contribution in [-0.2, 0) is 20.4 Å². The highest BCUT2D eigenvalue weighted by molar-refractivity contribution is 7.39. The Labute approximate surface area is 377 Å². The monoisotopic (exact) mass is 882 g/mol. The van der Waals surface area contributed by atoms with E-state index in [-0.39, 0.29) is 22.5 Å². The Bertz CT molecular complexity index is 2810. The molecule has 0 bridgehead atoms. The third kappa shape index (κ3) is 7.82. The summed E-state index contributed by atoms with van der Waals surface area (Å²) in [5.41, 5.74) is 7.58. The molecule has 2 aliphatic heterocycles. The number of carbonyl (C=O) groups excluding carboxylic acids is 1. The number of rotatable bonds is 17. The number of aliphatic hydroxyl groups is 1. The summed E-state index contributed by atoms with van der Waals surface area (Å²) in [7, 11) is 0. The second-order valence-corrected chi connectivity index (χ2v) is 21.1. The van der Waals surface area contributed by atoms with E-state index in [1.807, 2.05) is 18.2 Å². The van der Waals surface area contributed by atoms with Crippen LogP contribution in [0.3, 0.4) is 0 Å². The van der Waals surface area contributed by atoms with Crippen LogP contribution >= 0.6 is 34.0 Å². The summed E-state index contributed by atoms with van der Waals surface area (Å²) >= 11 is 4.94. The molecule has 0 unspecified atom stereocenters. The van der Waals surface area contributed by atoms with Gasteiger partial charge in [0.15, 0.2) is 5.71 Å². The number of hydrogen-bond donors (Lipinski definition) is 2. The number of fused-ring (bicyclic) bond motifs is 5. The number of likely N-dealkylation sites (N-methyl/N-ethyl adjacent to an activating group) is 1. The van der Waals surface area contributed by atoms with E-state index in [1.54, 1.807) is 28.7 Å². The van der Waals surface area contributed by atoms with Gasteiger partial charge in [-0.05, 0) is 80.8 Å². The number of unbranched alkanes of at least 4 members (excludes halogenated alkanes) is 9. The van der Waals surface area contributed by atoms with E-state index >= 15 is 0 Å². The lowest BCUT2D eigenvalue weighted by Gasteiger charge is -2.28. The maximum atomic E-state index is 14.1. The van der Waals surface area contributed by atoms with Crippen molar-refractivity contribution in [3.63, 3.8) is 0 Å². The Morgan fingerprint density at radius 2 is 1.50 bits per heavy atom. The van der Waals surface area contributed by atoms with Crippen LogP contribution in [0.25, 0.3) is 35.3 Å². The lowest BCUT2D eigenvalue weighted by Crippen LogP contribution is -2.32. The number of anilines is 1. The van der Waals surface area contributed by atoms with Gasteiger partial charge < -0.3 is 15.1 Å². The maximum Gasteiger partial charge on any atom is 0.346 e. The zero-order chi connectivity index (χ0) is 43.9. The summed E-state index contributed by atoms with van der Waals surface area (Å²) in [4.78, 5) is 29.8. The molecular weight excluding hydrogens is 827 g/mol. The molecule has 0 saturated heterocycles. The lowest BCUT2D eigenvalue weighted by molar-refractivity contribution is -0.438. The van der Waals surface area contributed by atoms with E-state index in [2.05, 4.69) is 99.5 Å². The fraction of sp³-hybridized carbons (Fsp3) is 0.385. The predicted molar refractivity (Wildman–Crippen MR) is 260 cm³/mol. The van der Waals surface area contributed by atoms with Crippen molar-refractivity contribution < 1.29 is 24.4 Å². The number of Topliss-reactive ketones (excluding diaryl/α,β-unsaturated/α-hetero) is 1. The number of benzene rings is 2. The minimum atomic E-state index is -1.22. The number of para-hydroxylation sites is 1. The number of aliphatic hydroxyl groups excluding tert-OH is 1. The largest absolute Gasteiger partial charge is 0.506 e. The smallest absolute Gasteiger partial charge is 0.346 e. The molecule has 0 atom stereocenters. The highest BCUT2D eigenvalue weighted by Gasteiger charge is 2.47. The van der Waals surface area contributed by atoms with Crippen molar-refractivity contribution in [1.82, 2.24) is 0 Å². The Balaban J connectivity index is 1.10. The molecule has 1 aliphatic carbocycles. The van der Waals surface area contributed by atoms with E-state index in [1.165, 1.54) is 89.3 Å². The summed E-state index contributed by atoms with van der Waals surface area (Å²) in [5.74, 6) is -1.28. The van der Waals surface area contributed by atoms with Crippen LogP contribution in [-0.4, -0.2) is 45.3 Å². The zero-order valence-corrected chi connectivity index (χ0v) is 39.1. The van der Waals surface area contributed by atoms with Gasteiger partial charge in [-0.3, -0.25) is 4.79 Å². The first-order valence-corrected chi connectivity index (χ1v) is 24.6. The topological polar surface area (TPSA) is 105 Å². The Hall–Kier alpha value is -5.08. The number of ketones is 1. The normalized spacial score (nSPS) is 18.1. The first-order chi connectivity index (χ1) is 29.8. The molecule has 2 N–H and O–H groups in total. The molecule has 3 aromatic heterocycles. The van der Waals surface area contributed by atoms with Crippen LogP contribution in [0, 0.1) is 11.3 Å². The van der Waals surface area contributed by atoms with Crippen LogP contribution in [0.1, 0.15) is 122 Å². The highest BCUT2D eigenvalue weighted by Crippen LogP contribution is 2.51. The minimum absolute atomic E-state index is 0.0631. The van der Waals surface area contributed by atoms with Crippen LogP contribution in [0.2, 0.25) is 0 Å². The van der Waals surface area contributed by atoms with Crippen LogP contribution in [0.5, 0.6) is 0 Å². The maximum absolute atomic E-state index is 14.1. The lowest BCUT2D eigenvalue weighted by atomic mass is 9.77. The van der Waals surface area contributed by atoms with E-state index in [0.29, 0.717) is 11.1 Å². The second-order valence-electron chi connectivity index (χ2n) is 17.9. The first-order valence-electron chi connectivity index (χ1n) is 22.2. The number of aliphatic carboxylic acids is 1. The summed E-state index contributed by atoms with van der Waals surface area (Å²) in [6.07, 6.45) is 17.9. The van der Waals surface area contributed by atoms with Crippen LogP contribution in [0.4, 0.5) is 11.4 Å². The van der Waals surface area contributed by atoms with E-state index in [9.17, 15) is 25.1 Å². The van der Waals surface area contributed by atoms with Crippen molar-refractivity contribution in [3.05, 3.63) is 111 Å². The Morgan fingerprint density at radius 1 is 0.823 bits per heavy atom.